The zero-order chi connectivity index (χ0) is 15.3. The van der Waals surface area contributed by atoms with Crippen molar-refractivity contribution in [2.24, 2.45) is 5.73 Å². The summed E-state index contributed by atoms with van der Waals surface area (Å²) in [6.45, 7) is 2.27. The van der Waals surface area contributed by atoms with Crippen LogP contribution in [-0.2, 0) is 16.6 Å². The van der Waals surface area contributed by atoms with Gasteiger partial charge in [-0.2, -0.15) is 0 Å². The van der Waals surface area contributed by atoms with Crippen LogP contribution in [0.15, 0.2) is 53.7 Å². The van der Waals surface area contributed by atoms with E-state index < -0.39 is 10.0 Å². The molecule has 5 nitrogen and oxygen atoms in total. The molecular weight excluding hydrogens is 286 g/mol. The first-order chi connectivity index (χ1) is 10.1. The lowest BCUT2D eigenvalue weighted by molar-refractivity contribution is 0.546. The smallest absolute Gasteiger partial charge is 0.258 e. The highest BCUT2D eigenvalue weighted by molar-refractivity contribution is 7.89. The number of nitrogens with one attached hydrogen (secondary N) is 1. The predicted octanol–water partition coefficient (Wildman–Crippen LogP) is 1.97. The van der Waals surface area contributed by atoms with Crippen LogP contribution < -0.4 is 10.5 Å². The van der Waals surface area contributed by atoms with Crippen molar-refractivity contribution in [3.8, 4) is 0 Å². The maximum absolute atomic E-state index is 12.4. The van der Waals surface area contributed by atoms with Gasteiger partial charge in [0.2, 0.25) is 0 Å². The van der Waals surface area contributed by atoms with E-state index in [1.165, 1.54) is 12.3 Å². The highest BCUT2D eigenvalue weighted by Crippen LogP contribution is 2.19. The fourth-order valence-corrected chi connectivity index (χ4v) is 3.25. The van der Waals surface area contributed by atoms with Gasteiger partial charge in [0, 0.05) is 18.8 Å². The number of benzene rings is 1. The minimum atomic E-state index is -3.65. The highest BCUT2D eigenvalue weighted by Gasteiger charge is 2.21. The maximum atomic E-state index is 12.4. The van der Waals surface area contributed by atoms with Gasteiger partial charge in [0.15, 0.2) is 5.03 Å². The molecule has 0 aliphatic rings. The molecule has 0 fully saturated rings. The Morgan fingerprint density at radius 2 is 1.90 bits per heavy atom. The first-order valence-corrected chi connectivity index (χ1v) is 8.27. The second-order valence-electron chi connectivity index (χ2n) is 4.70. The fraction of sp³-hybridized carbons (Fsp3) is 0.267. The Morgan fingerprint density at radius 3 is 2.43 bits per heavy atom. The molecule has 0 amide bonds. The van der Waals surface area contributed by atoms with Crippen molar-refractivity contribution < 1.29 is 8.42 Å². The molecular formula is C15H19N3O2S. The molecule has 21 heavy (non-hydrogen) atoms. The molecule has 0 saturated carbocycles. The van der Waals surface area contributed by atoms with Gasteiger partial charge < -0.3 is 5.73 Å². The van der Waals surface area contributed by atoms with E-state index in [1.54, 1.807) is 6.07 Å². The Morgan fingerprint density at radius 1 is 1.19 bits per heavy atom. The number of hydrogen-bond donors (Lipinski definition) is 2. The Balaban J connectivity index is 2.22. The number of pyridine rings is 1. The van der Waals surface area contributed by atoms with Gasteiger partial charge in [-0.25, -0.2) is 18.1 Å². The highest BCUT2D eigenvalue weighted by atomic mass is 32.2. The molecule has 3 N–H and O–H groups in total. The molecule has 0 aliphatic heterocycles. The lowest BCUT2D eigenvalue weighted by Crippen LogP contribution is -2.29. The maximum Gasteiger partial charge on any atom is 0.258 e. The van der Waals surface area contributed by atoms with Crippen LogP contribution in [0.1, 0.15) is 30.5 Å². The van der Waals surface area contributed by atoms with E-state index in [-0.39, 0.29) is 11.1 Å². The number of nitrogens with two attached hydrogens (primary N) is 1. The third-order valence-electron chi connectivity index (χ3n) is 3.22. The van der Waals surface area contributed by atoms with E-state index in [0.717, 1.165) is 11.1 Å². The summed E-state index contributed by atoms with van der Waals surface area (Å²) < 4.78 is 27.4. The van der Waals surface area contributed by atoms with Gasteiger partial charge in [-0.15, -0.1) is 0 Å². The number of nitrogens with zero attached hydrogens (tertiary/aromatic N) is 1. The summed E-state index contributed by atoms with van der Waals surface area (Å²) in [6, 6.07) is 12.4. The van der Waals surface area contributed by atoms with Crippen LogP contribution in [0.3, 0.4) is 0 Å². The van der Waals surface area contributed by atoms with Gasteiger partial charge in [-0.05, 0) is 23.6 Å². The van der Waals surface area contributed by atoms with Crippen LogP contribution in [0.5, 0.6) is 0 Å². The van der Waals surface area contributed by atoms with Crippen molar-refractivity contribution in [2.45, 2.75) is 31.0 Å². The van der Waals surface area contributed by atoms with Crippen molar-refractivity contribution in [1.29, 1.82) is 0 Å². The summed E-state index contributed by atoms with van der Waals surface area (Å²) in [7, 11) is -3.65. The first-order valence-electron chi connectivity index (χ1n) is 6.79. The largest absolute Gasteiger partial charge is 0.326 e. The third-order valence-corrected chi connectivity index (χ3v) is 4.60. The van der Waals surface area contributed by atoms with Crippen LogP contribution in [0.2, 0.25) is 0 Å². The van der Waals surface area contributed by atoms with Gasteiger partial charge in [0.05, 0.1) is 0 Å². The minimum absolute atomic E-state index is 0.00841. The van der Waals surface area contributed by atoms with E-state index in [1.807, 2.05) is 37.3 Å². The van der Waals surface area contributed by atoms with E-state index >= 15 is 0 Å². The molecule has 6 heteroatoms. The third kappa shape index (κ3) is 3.87. The van der Waals surface area contributed by atoms with E-state index in [0.29, 0.717) is 13.0 Å². The predicted molar refractivity (Wildman–Crippen MR) is 81.9 cm³/mol. The van der Waals surface area contributed by atoms with E-state index in [9.17, 15) is 8.42 Å². The van der Waals surface area contributed by atoms with Crippen LogP contribution in [-0.4, -0.2) is 13.4 Å². The molecule has 1 unspecified atom stereocenters. The number of rotatable bonds is 6. The molecule has 1 heterocycles. The lowest BCUT2D eigenvalue weighted by Gasteiger charge is -2.17. The van der Waals surface area contributed by atoms with Crippen LogP contribution in [0, 0.1) is 0 Å². The van der Waals surface area contributed by atoms with Gasteiger partial charge in [0.1, 0.15) is 0 Å². The fourth-order valence-electron chi connectivity index (χ4n) is 2.01. The second-order valence-corrected chi connectivity index (χ2v) is 6.36. The average Bonchev–Trinajstić information content (AvgIpc) is 2.53. The molecule has 0 aliphatic carbocycles. The Bertz CT molecular complexity index is 670. The van der Waals surface area contributed by atoms with Crippen molar-refractivity contribution in [3.05, 3.63) is 59.8 Å². The Labute approximate surface area is 125 Å². The molecule has 0 spiro atoms. The molecule has 2 aromatic rings. The average molecular weight is 305 g/mol. The summed E-state index contributed by atoms with van der Waals surface area (Å²) in [4.78, 5) is 3.97. The molecule has 0 bridgehead atoms. The summed E-state index contributed by atoms with van der Waals surface area (Å²) in [5.41, 5.74) is 7.21. The molecule has 2 rings (SSSR count). The second kappa shape index (κ2) is 6.80. The summed E-state index contributed by atoms with van der Waals surface area (Å²) in [5.74, 6) is 0. The molecule has 0 saturated heterocycles. The molecule has 1 atom stereocenters. The minimum Gasteiger partial charge on any atom is -0.326 e. The summed E-state index contributed by atoms with van der Waals surface area (Å²) in [6.07, 6.45) is 2.14. The number of aromatic nitrogens is 1. The normalized spacial score (nSPS) is 13.0. The first kappa shape index (κ1) is 15.6. The summed E-state index contributed by atoms with van der Waals surface area (Å²) >= 11 is 0. The quantitative estimate of drug-likeness (QED) is 0.854. The lowest BCUT2D eigenvalue weighted by atomic mass is 10.1. The summed E-state index contributed by atoms with van der Waals surface area (Å²) in [5, 5.41) is 0.00841. The number of hydrogen-bond acceptors (Lipinski definition) is 4. The SMILES string of the molecule is CCC(NS(=O)(=O)c1ccc(CN)cn1)c1ccccc1. The molecule has 112 valence electrons. The Kier molecular flexibility index (Phi) is 5.06. The van der Waals surface area contributed by atoms with Crippen LogP contribution in [0.25, 0.3) is 0 Å². The molecule has 0 radical (unpaired) electrons. The molecule has 1 aromatic carbocycles. The zero-order valence-corrected chi connectivity index (χ0v) is 12.7. The molecule has 1 aromatic heterocycles. The van der Waals surface area contributed by atoms with Gasteiger partial charge in [-0.1, -0.05) is 43.3 Å². The van der Waals surface area contributed by atoms with Crippen LogP contribution >= 0.6 is 0 Å². The number of sulfonamides is 1. The van der Waals surface area contributed by atoms with Crippen molar-refractivity contribution in [2.75, 3.05) is 0 Å². The monoisotopic (exact) mass is 305 g/mol. The van der Waals surface area contributed by atoms with Crippen molar-refractivity contribution >= 4 is 10.0 Å². The topological polar surface area (TPSA) is 85.1 Å². The standard InChI is InChI=1S/C15H19N3O2S/c1-2-14(13-6-4-3-5-7-13)18-21(19,20)15-9-8-12(10-16)11-17-15/h3-9,11,14,18H,2,10,16H2,1H3. The van der Waals surface area contributed by atoms with Crippen molar-refractivity contribution in [3.63, 3.8) is 0 Å². The van der Waals surface area contributed by atoms with E-state index in [2.05, 4.69) is 9.71 Å². The van der Waals surface area contributed by atoms with Crippen LogP contribution in [0.4, 0.5) is 0 Å². The Hall–Kier alpha value is -1.76. The van der Waals surface area contributed by atoms with Gasteiger partial charge in [0.25, 0.3) is 10.0 Å². The zero-order valence-electron chi connectivity index (χ0n) is 11.9. The van der Waals surface area contributed by atoms with Gasteiger partial charge >= 0.3 is 0 Å². The van der Waals surface area contributed by atoms with Crippen molar-refractivity contribution in [1.82, 2.24) is 9.71 Å². The van der Waals surface area contributed by atoms with Gasteiger partial charge in [-0.3, -0.25) is 0 Å². The van der Waals surface area contributed by atoms with E-state index in [4.69, 9.17) is 5.73 Å².